The van der Waals surface area contributed by atoms with Gasteiger partial charge in [0.2, 0.25) is 5.91 Å². The van der Waals surface area contributed by atoms with Gasteiger partial charge in [-0.15, -0.1) is 24.0 Å². The molecule has 0 heterocycles. The molecule has 154 valence electrons. The third-order valence-corrected chi connectivity index (χ3v) is 5.01. The van der Waals surface area contributed by atoms with Crippen molar-refractivity contribution >= 4 is 35.8 Å². The van der Waals surface area contributed by atoms with Gasteiger partial charge >= 0.3 is 0 Å². The zero-order valence-corrected chi connectivity index (χ0v) is 19.9. The number of nitrogens with one attached hydrogen (secondary N) is 2. The number of carbonyl (C=O) groups excluding carboxylic acids is 1. The maximum Gasteiger partial charge on any atom is 0.243 e. The molecular weight excluding hydrogens is 443 g/mol. The second-order valence-corrected chi connectivity index (χ2v) is 8.44. The number of amides is 1. The fourth-order valence-corrected chi connectivity index (χ4v) is 3.08. The third kappa shape index (κ3) is 8.88. The largest absolute Gasteiger partial charge is 0.379 e. The van der Waals surface area contributed by atoms with Crippen LogP contribution in [0.1, 0.15) is 53.4 Å². The number of hydrogen-bond acceptors (Lipinski definition) is 3. The molecule has 6 nitrogen and oxygen atoms in total. The average molecular weight is 482 g/mol. The molecule has 1 saturated carbocycles. The van der Waals surface area contributed by atoms with E-state index in [1.54, 1.807) is 26.1 Å². The molecule has 1 fully saturated rings. The molecule has 0 radical (unpaired) electrons. The van der Waals surface area contributed by atoms with Crippen molar-refractivity contribution in [2.24, 2.45) is 16.3 Å². The molecule has 2 N–H and O–H groups in total. The van der Waals surface area contributed by atoms with Crippen molar-refractivity contribution < 1.29 is 9.53 Å². The second kappa shape index (κ2) is 12.0. The first-order valence-electron chi connectivity index (χ1n) is 9.43. The third-order valence-electron chi connectivity index (χ3n) is 5.01. The fraction of sp³-hybridized carbons (Fsp3) is 0.895. The van der Waals surface area contributed by atoms with Crippen LogP contribution < -0.4 is 10.6 Å². The lowest BCUT2D eigenvalue weighted by atomic mass is 9.86. The van der Waals surface area contributed by atoms with Crippen molar-refractivity contribution in [2.45, 2.75) is 65.5 Å². The summed E-state index contributed by atoms with van der Waals surface area (Å²) >= 11 is 0. The van der Waals surface area contributed by atoms with E-state index in [9.17, 15) is 4.79 Å². The van der Waals surface area contributed by atoms with Gasteiger partial charge in [0.15, 0.2) is 5.96 Å². The molecular formula is C19H39IN4O2. The number of ether oxygens (including phenoxy) is 1. The minimum absolute atomic E-state index is 0. The van der Waals surface area contributed by atoms with Gasteiger partial charge in [0.25, 0.3) is 0 Å². The van der Waals surface area contributed by atoms with Gasteiger partial charge in [0.05, 0.1) is 6.10 Å². The number of nitrogens with zero attached hydrogens (tertiary/aromatic N) is 2. The smallest absolute Gasteiger partial charge is 0.243 e. The van der Waals surface area contributed by atoms with E-state index in [0.29, 0.717) is 24.5 Å². The fourth-order valence-electron chi connectivity index (χ4n) is 3.08. The summed E-state index contributed by atoms with van der Waals surface area (Å²) < 4.78 is 5.62. The van der Waals surface area contributed by atoms with Crippen molar-refractivity contribution in [1.82, 2.24) is 15.5 Å². The summed E-state index contributed by atoms with van der Waals surface area (Å²) in [6.07, 6.45) is 5.00. The lowest BCUT2D eigenvalue weighted by molar-refractivity contribution is -0.127. The Balaban J connectivity index is 0.00000625. The number of aliphatic imine (C=N–C) groups is 1. The van der Waals surface area contributed by atoms with Crippen LogP contribution in [-0.2, 0) is 9.53 Å². The van der Waals surface area contributed by atoms with Gasteiger partial charge in [-0.1, -0.05) is 40.5 Å². The maximum atomic E-state index is 11.9. The standard InChI is InChI=1S/C19H38N4O2.HI/c1-14-10-8-9-11-15(14)22-18(21-13-17(24)23(5)6)20-12-16(25-7)19(2,3)4;/h14-16H,8-13H2,1-7H3,(H2,20,21,22);1H. The quantitative estimate of drug-likeness (QED) is 0.347. The highest BCUT2D eigenvalue weighted by Gasteiger charge is 2.26. The Morgan fingerprint density at radius 2 is 1.88 bits per heavy atom. The van der Waals surface area contributed by atoms with Gasteiger partial charge in [0, 0.05) is 33.8 Å². The highest BCUT2D eigenvalue weighted by Crippen LogP contribution is 2.24. The number of carbonyl (C=O) groups is 1. The number of guanidine groups is 1. The van der Waals surface area contributed by atoms with Crippen molar-refractivity contribution in [3.8, 4) is 0 Å². The van der Waals surface area contributed by atoms with Gasteiger partial charge in [-0.3, -0.25) is 4.79 Å². The van der Waals surface area contributed by atoms with Crippen LogP contribution in [0, 0.1) is 11.3 Å². The summed E-state index contributed by atoms with van der Waals surface area (Å²) in [5, 5.41) is 6.93. The van der Waals surface area contributed by atoms with Crippen molar-refractivity contribution in [1.29, 1.82) is 0 Å². The van der Waals surface area contributed by atoms with Crippen molar-refractivity contribution in [2.75, 3.05) is 34.3 Å². The SMILES string of the molecule is COC(CNC(=NCC(=O)N(C)C)NC1CCCCC1C)C(C)(C)C.I. The van der Waals surface area contributed by atoms with Crippen molar-refractivity contribution in [3.05, 3.63) is 0 Å². The highest BCUT2D eigenvalue weighted by atomic mass is 127. The predicted octanol–water partition coefficient (Wildman–Crippen LogP) is 2.87. The minimum atomic E-state index is -0.00287. The normalized spacial score (nSPS) is 22.2. The maximum absolute atomic E-state index is 11.9. The number of hydrogen-bond donors (Lipinski definition) is 2. The van der Waals surface area contributed by atoms with Gasteiger partial charge < -0.3 is 20.3 Å². The molecule has 3 atom stereocenters. The minimum Gasteiger partial charge on any atom is -0.379 e. The number of methoxy groups -OCH3 is 1. The first-order chi connectivity index (χ1) is 11.6. The summed E-state index contributed by atoms with van der Waals surface area (Å²) in [5.74, 6) is 1.32. The molecule has 26 heavy (non-hydrogen) atoms. The first-order valence-corrected chi connectivity index (χ1v) is 9.43. The Labute approximate surface area is 176 Å². The monoisotopic (exact) mass is 482 g/mol. The van der Waals surface area contributed by atoms with E-state index in [2.05, 4.69) is 43.3 Å². The molecule has 0 bridgehead atoms. The lowest BCUT2D eigenvalue weighted by Crippen LogP contribution is -2.50. The van der Waals surface area contributed by atoms with Gasteiger partial charge in [-0.2, -0.15) is 0 Å². The summed E-state index contributed by atoms with van der Waals surface area (Å²) in [7, 11) is 5.24. The molecule has 0 spiro atoms. The van der Waals surface area contributed by atoms with Crippen LogP contribution in [0.4, 0.5) is 0 Å². The Bertz CT molecular complexity index is 449. The highest BCUT2D eigenvalue weighted by molar-refractivity contribution is 14.0. The van der Waals surface area contributed by atoms with Crippen LogP contribution in [0.15, 0.2) is 4.99 Å². The molecule has 7 heteroatoms. The van der Waals surface area contributed by atoms with Gasteiger partial charge in [-0.05, 0) is 24.2 Å². The van der Waals surface area contributed by atoms with Crippen LogP contribution in [0.5, 0.6) is 0 Å². The Morgan fingerprint density at radius 3 is 2.38 bits per heavy atom. The molecule has 1 aliphatic carbocycles. The van der Waals surface area contributed by atoms with Crippen molar-refractivity contribution in [3.63, 3.8) is 0 Å². The van der Waals surface area contributed by atoms with E-state index in [4.69, 9.17) is 4.74 Å². The molecule has 0 aliphatic heterocycles. The average Bonchev–Trinajstić information content (AvgIpc) is 2.53. The predicted molar refractivity (Wildman–Crippen MR) is 119 cm³/mol. The Morgan fingerprint density at radius 1 is 1.27 bits per heavy atom. The lowest BCUT2D eigenvalue weighted by Gasteiger charge is -2.33. The Hall–Kier alpha value is -0.570. The number of likely N-dealkylation sites (N-methyl/N-ethyl adjacent to an activating group) is 1. The molecule has 1 amide bonds. The van der Waals surface area contributed by atoms with Gasteiger partial charge in [0.1, 0.15) is 6.54 Å². The topological polar surface area (TPSA) is 66.0 Å². The van der Waals surface area contributed by atoms with E-state index in [0.717, 1.165) is 6.42 Å². The molecule has 0 aromatic rings. The van der Waals surface area contributed by atoms with E-state index in [-0.39, 0.29) is 47.9 Å². The zero-order valence-electron chi connectivity index (χ0n) is 17.6. The van der Waals surface area contributed by atoms with Crippen LogP contribution in [0.3, 0.4) is 0 Å². The van der Waals surface area contributed by atoms with E-state index < -0.39 is 0 Å². The molecule has 3 unspecified atom stereocenters. The molecule has 0 saturated heterocycles. The Kier molecular flexibility index (Phi) is 11.7. The van der Waals surface area contributed by atoms with E-state index in [1.165, 1.54) is 19.3 Å². The van der Waals surface area contributed by atoms with Crippen LogP contribution in [-0.4, -0.2) is 63.2 Å². The zero-order chi connectivity index (χ0) is 19.0. The van der Waals surface area contributed by atoms with E-state index >= 15 is 0 Å². The summed E-state index contributed by atoms with van der Waals surface area (Å²) in [5.41, 5.74) is 0.0322. The number of halogens is 1. The summed E-state index contributed by atoms with van der Waals surface area (Å²) in [4.78, 5) is 18.0. The molecule has 0 aromatic heterocycles. The summed E-state index contributed by atoms with van der Waals surface area (Å²) in [6, 6.07) is 0.407. The van der Waals surface area contributed by atoms with Gasteiger partial charge in [-0.25, -0.2) is 4.99 Å². The molecule has 1 rings (SSSR count). The summed E-state index contributed by atoms with van der Waals surface area (Å²) in [6.45, 7) is 9.57. The second-order valence-electron chi connectivity index (χ2n) is 8.44. The van der Waals surface area contributed by atoms with Crippen LogP contribution >= 0.6 is 24.0 Å². The van der Waals surface area contributed by atoms with Crippen LogP contribution in [0.25, 0.3) is 0 Å². The number of rotatable bonds is 6. The molecule has 1 aliphatic rings. The van der Waals surface area contributed by atoms with E-state index in [1.807, 2.05) is 0 Å². The molecule has 0 aromatic carbocycles. The first kappa shape index (κ1) is 25.4. The van der Waals surface area contributed by atoms with Crippen LogP contribution in [0.2, 0.25) is 0 Å².